The lowest BCUT2D eigenvalue weighted by molar-refractivity contribution is -0.118. The molecular formula is C29H26BrN3O6. The number of para-hydroxylation sites is 1. The van der Waals surface area contributed by atoms with Crippen molar-refractivity contribution in [3.05, 3.63) is 87.4 Å². The molecule has 3 aromatic carbocycles. The van der Waals surface area contributed by atoms with E-state index in [1.165, 1.54) is 37.5 Å². The van der Waals surface area contributed by atoms with Crippen LogP contribution in [0.5, 0.6) is 11.5 Å². The Hall–Kier alpha value is -4.62. The number of nitriles is 1. The summed E-state index contributed by atoms with van der Waals surface area (Å²) < 4.78 is 16.6. The molecule has 3 rings (SSSR count). The van der Waals surface area contributed by atoms with E-state index in [-0.39, 0.29) is 18.1 Å². The standard InChI is InChI=1S/C29H26BrN3O6/c1-4-38-25-15-19(13-21(16-31)28(35)32-22-11-9-20(10-12-22)29(36)37-3)14-23(30)27(25)39-17-26(34)33-24-8-6-5-7-18(24)2/h5-15H,4,17H2,1-3H3,(H,32,35)(H,33,34)/b21-13-. The van der Waals surface area contributed by atoms with E-state index in [9.17, 15) is 19.6 Å². The minimum atomic E-state index is -0.634. The quantitative estimate of drug-likeness (QED) is 0.181. The van der Waals surface area contributed by atoms with Crippen LogP contribution in [0, 0.1) is 18.3 Å². The van der Waals surface area contributed by atoms with E-state index in [1.54, 1.807) is 25.1 Å². The molecule has 0 radical (unpaired) electrons. The van der Waals surface area contributed by atoms with Crippen LogP contribution in [0.25, 0.3) is 6.08 Å². The van der Waals surface area contributed by atoms with Gasteiger partial charge in [0.25, 0.3) is 11.8 Å². The minimum Gasteiger partial charge on any atom is -0.490 e. The number of methoxy groups -OCH3 is 1. The number of anilines is 2. The van der Waals surface area contributed by atoms with Gasteiger partial charge in [0.1, 0.15) is 11.6 Å². The Labute approximate surface area is 234 Å². The van der Waals surface area contributed by atoms with Gasteiger partial charge < -0.3 is 24.8 Å². The smallest absolute Gasteiger partial charge is 0.337 e. The molecule has 3 aromatic rings. The van der Waals surface area contributed by atoms with Gasteiger partial charge in [-0.15, -0.1) is 0 Å². The summed E-state index contributed by atoms with van der Waals surface area (Å²) in [7, 11) is 1.28. The van der Waals surface area contributed by atoms with Crippen LogP contribution in [0.3, 0.4) is 0 Å². The lowest BCUT2D eigenvalue weighted by Gasteiger charge is -2.15. The monoisotopic (exact) mass is 591 g/mol. The van der Waals surface area contributed by atoms with Crippen LogP contribution in [0.15, 0.2) is 70.7 Å². The normalized spacial score (nSPS) is 10.7. The highest BCUT2D eigenvalue weighted by atomic mass is 79.9. The number of halogens is 1. The fraction of sp³-hybridized carbons (Fsp3) is 0.172. The molecule has 9 nitrogen and oxygen atoms in total. The topological polar surface area (TPSA) is 127 Å². The summed E-state index contributed by atoms with van der Waals surface area (Å²) in [6, 6.07) is 18.6. The van der Waals surface area contributed by atoms with Gasteiger partial charge in [0.2, 0.25) is 0 Å². The summed E-state index contributed by atoms with van der Waals surface area (Å²) in [5, 5.41) is 15.0. The van der Waals surface area contributed by atoms with Crippen LogP contribution >= 0.6 is 15.9 Å². The molecule has 0 unspecified atom stereocenters. The average molecular weight is 592 g/mol. The number of hydrogen-bond acceptors (Lipinski definition) is 7. The third-order valence-corrected chi connectivity index (χ3v) is 5.93. The molecule has 0 atom stereocenters. The van der Waals surface area contributed by atoms with Gasteiger partial charge >= 0.3 is 5.97 Å². The highest BCUT2D eigenvalue weighted by Crippen LogP contribution is 2.37. The number of benzene rings is 3. The third-order valence-electron chi connectivity index (χ3n) is 5.34. The molecule has 2 amide bonds. The van der Waals surface area contributed by atoms with Crippen molar-refractivity contribution in [2.75, 3.05) is 31.0 Å². The first-order valence-electron chi connectivity index (χ1n) is 11.8. The highest BCUT2D eigenvalue weighted by Gasteiger charge is 2.16. The average Bonchev–Trinajstić information content (AvgIpc) is 2.92. The number of carbonyl (C=O) groups excluding carboxylic acids is 3. The largest absolute Gasteiger partial charge is 0.490 e. The van der Waals surface area contributed by atoms with Gasteiger partial charge in [0.15, 0.2) is 18.1 Å². The maximum atomic E-state index is 12.7. The number of esters is 1. The summed E-state index contributed by atoms with van der Waals surface area (Å²) in [6.07, 6.45) is 1.40. The van der Waals surface area contributed by atoms with Crippen molar-refractivity contribution in [1.82, 2.24) is 0 Å². The number of nitrogens with one attached hydrogen (secondary N) is 2. The maximum absolute atomic E-state index is 12.7. The molecule has 0 bridgehead atoms. The molecule has 0 fully saturated rings. The molecule has 0 aliphatic rings. The van der Waals surface area contributed by atoms with Crippen LogP contribution in [0.4, 0.5) is 11.4 Å². The highest BCUT2D eigenvalue weighted by molar-refractivity contribution is 9.10. The van der Waals surface area contributed by atoms with Crippen molar-refractivity contribution in [2.24, 2.45) is 0 Å². The second-order valence-electron chi connectivity index (χ2n) is 8.11. The van der Waals surface area contributed by atoms with Crippen LogP contribution < -0.4 is 20.1 Å². The maximum Gasteiger partial charge on any atom is 0.337 e. The summed E-state index contributed by atoms with van der Waals surface area (Å²) in [4.78, 5) is 36.8. The summed E-state index contributed by atoms with van der Waals surface area (Å²) in [5.74, 6) is -0.836. The molecule has 39 heavy (non-hydrogen) atoms. The molecule has 10 heteroatoms. The fourth-order valence-corrected chi connectivity index (χ4v) is 4.01. The lowest BCUT2D eigenvalue weighted by Crippen LogP contribution is -2.21. The van der Waals surface area contributed by atoms with Crippen molar-refractivity contribution in [3.8, 4) is 17.6 Å². The predicted molar refractivity (Wildman–Crippen MR) is 151 cm³/mol. The van der Waals surface area contributed by atoms with Crippen molar-refractivity contribution < 1.29 is 28.6 Å². The van der Waals surface area contributed by atoms with Gasteiger partial charge in [-0.3, -0.25) is 9.59 Å². The fourth-order valence-electron chi connectivity index (χ4n) is 3.43. The second-order valence-corrected chi connectivity index (χ2v) is 8.96. The lowest BCUT2D eigenvalue weighted by atomic mass is 10.1. The Bertz CT molecular complexity index is 1440. The first-order chi connectivity index (χ1) is 18.7. The second kappa shape index (κ2) is 13.8. The van der Waals surface area contributed by atoms with Gasteiger partial charge in [0.05, 0.1) is 23.8 Å². The van der Waals surface area contributed by atoms with E-state index in [4.69, 9.17) is 9.47 Å². The van der Waals surface area contributed by atoms with Gasteiger partial charge in [0, 0.05) is 11.4 Å². The zero-order valence-corrected chi connectivity index (χ0v) is 23.1. The summed E-state index contributed by atoms with van der Waals surface area (Å²) in [6.45, 7) is 3.75. The molecule has 200 valence electrons. The Balaban J connectivity index is 1.76. The van der Waals surface area contributed by atoms with Gasteiger partial charge in [-0.05, 0) is 89.4 Å². The van der Waals surface area contributed by atoms with Crippen molar-refractivity contribution in [1.29, 1.82) is 5.26 Å². The van der Waals surface area contributed by atoms with E-state index in [2.05, 4.69) is 31.3 Å². The number of amides is 2. The zero-order valence-electron chi connectivity index (χ0n) is 21.5. The van der Waals surface area contributed by atoms with Crippen LogP contribution in [0.1, 0.15) is 28.4 Å². The SMILES string of the molecule is CCOc1cc(/C=C(/C#N)C(=O)Nc2ccc(C(=O)OC)cc2)cc(Br)c1OCC(=O)Nc1ccccc1C. The van der Waals surface area contributed by atoms with E-state index < -0.39 is 11.9 Å². The Morgan fingerprint density at radius 2 is 1.74 bits per heavy atom. The molecule has 0 heterocycles. The van der Waals surface area contributed by atoms with Crippen molar-refractivity contribution in [2.45, 2.75) is 13.8 Å². The molecule has 0 saturated heterocycles. The first kappa shape index (κ1) is 28.9. The molecule has 0 saturated carbocycles. The number of nitrogens with zero attached hydrogens (tertiary/aromatic N) is 1. The number of hydrogen-bond donors (Lipinski definition) is 2. The van der Waals surface area contributed by atoms with E-state index in [0.29, 0.717) is 45.1 Å². The number of rotatable bonds is 10. The van der Waals surface area contributed by atoms with E-state index >= 15 is 0 Å². The Morgan fingerprint density at radius 3 is 2.38 bits per heavy atom. The first-order valence-corrected chi connectivity index (χ1v) is 12.6. The Morgan fingerprint density at radius 1 is 1.03 bits per heavy atom. The van der Waals surface area contributed by atoms with Crippen molar-refractivity contribution in [3.63, 3.8) is 0 Å². The Kier molecular flexibility index (Phi) is 10.2. The molecule has 0 spiro atoms. The van der Waals surface area contributed by atoms with Crippen LogP contribution in [-0.2, 0) is 14.3 Å². The van der Waals surface area contributed by atoms with Crippen LogP contribution in [-0.4, -0.2) is 38.1 Å². The summed E-state index contributed by atoms with van der Waals surface area (Å²) >= 11 is 3.44. The van der Waals surface area contributed by atoms with Gasteiger partial charge in [-0.25, -0.2) is 4.79 Å². The molecular weight excluding hydrogens is 566 g/mol. The molecule has 0 aliphatic carbocycles. The van der Waals surface area contributed by atoms with E-state index in [0.717, 1.165) is 5.56 Å². The molecule has 0 aromatic heterocycles. The number of ether oxygens (including phenoxy) is 3. The van der Waals surface area contributed by atoms with Gasteiger partial charge in [-0.2, -0.15) is 5.26 Å². The predicted octanol–water partition coefficient (Wildman–Crippen LogP) is 5.51. The molecule has 0 aliphatic heterocycles. The number of aryl methyl sites for hydroxylation is 1. The van der Waals surface area contributed by atoms with Gasteiger partial charge in [-0.1, -0.05) is 18.2 Å². The zero-order chi connectivity index (χ0) is 28.4. The number of carbonyl (C=O) groups is 3. The van der Waals surface area contributed by atoms with Crippen LogP contribution in [0.2, 0.25) is 0 Å². The van der Waals surface area contributed by atoms with E-state index in [1.807, 2.05) is 31.2 Å². The minimum absolute atomic E-state index is 0.160. The summed E-state index contributed by atoms with van der Waals surface area (Å²) in [5.41, 5.74) is 2.68. The third kappa shape index (κ3) is 7.93. The molecule has 2 N–H and O–H groups in total. The van der Waals surface area contributed by atoms with Crippen molar-refractivity contribution >= 4 is 51.2 Å².